The second-order valence-electron chi connectivity index (χ2n) is 5.63. The van der Waals surface area contributed by atoms with Gasteiger partial charge in [0.1, 0.15) is 17.7 Å². The molecule has 126 valence electrons. The SMILES string of the molecule is CC(=O)N1CCC(Nc2nc(-n3ccnc3)ncc2C(=O)O)CC1. The number of imidazole rings is 1. The highest BCUT2D eigenvalue weighted by molar-refractivity contribution is 5.92. The molecule has 2 aromatic rings. The molecule has 24 heavy (non-hydrogen) atoms. The van der Waals surface area contributed by atoms with Crippen molar-refractivity contribution in [1.82, 2.24) is 24.4 Å². The number of nitrogens with zero attached hydrogens (tertiary/aromatic N) is 5. The molecule has 0 unspecified atom stereocenters. The molecular formula is C15H18N6O3. The van der Waals surface area contributed by atoms with E-state index in [4.69, 9.17) is 0 Å². The van der Waals surface area contributed by atoms with E-state index in [1.54, 1.807) is 35.1 Å². The zero-order chi connectivity index (χ0) is 17.1. The lowest BCUT2D eigenvalue weighted by molar-refractivity contribution is -0.129. The van der Waals surface area contributed by atoms with Gasteiger partial charge in [0.25, 0.3) is 0 Å². The number of carboxylic acid groups (broad SMARTS) is 1. The van der Waals surface area contributed by atoms with E-state index >= 15 is 0 Å². The Morgan fingerprint density at radius 3 is 2.67 bits per heavy atom. The van der Waals surface area contributed by atoms with Crippen LogP contribution in [0.1, 0.15) is 30.1 Å². The van der Waals surface area contributed by atoms with Crippen LogP contribution in [-0.2, 0) is 4.79 Å². The normalized spacial score (nSPS) is 15.3. The molecule has 2 N–H and O–H groups in total. The van der Waals surface area contributed by atoms with Gasteiger partial charge in [0.15, 0.2) is 0 Å². The molecule has 0 atom stereocenters. The molecule has 0 spiro atoms. The predicted octanol–water partition coefficient (Wildman–Crippen LogP) is 0.783. The molecule has 1 aliphatic heterocycles. The number of carbonyl (C=O) groups excluding carboxylic acids is 1. The Bertz CT molecular complexity index is 738. The summed E-state index contributed by atoms with van der Waals surface area (Å²) in [6.07, 6.45) is 7.60. The first kappa shape index (κ1) is 15.9. The topological polar surface area (TPSA) is 113 Å². The van der Waals surface area contributed by atoms with Crippen LogP contribution in [0.25, 0.3) is 5.95 Å². The standard InChI is InChI=1S/C15H18N6O3/c1-10(22)20-5-2-11(3-6-20)18-13-12(14(23)24)8-17-15(19-13)21-7-4-16-9-21/h4,7-9,11H,2-3,5-6H2,1H3,(H,23,24)(H,17,18,19). The van der Waals surface area contributed by atoms with Gasteiger partial charge in [0, 0.05) is 44.6 Å². The van der Waals surface area contributed by atoms with Gasteiger partial charge in [-0.25, -0.2) is 14.8 Å². The van der Waals surface area contributed by atoms with Gasteiger partial charge < -0.3 is 15.3 Å². The first-order valence-corrected chi connectivity index (χ1v) is 7.65. The van der Waals surface area contributed by atoms with Gasteiger partial charge in [-0.2, -0.15) is 4.98 Å². The van der Waals surface area contributed by atoms with Crippen LogP contribution in [0.2, 0.25) is 0 Å². The Morgan fingerprint density at radius 2 is 2.08 bits per heavy atom. The van der Waals surface area contributed by atoms with E-state index in [1.165, 1.54) is 6.20 Å². The van der Waals surface area contributed by atoms with E-state index in [-0.39, 0.29) is 23.3 Å². The second kappa shape index (κ2) is 6.65. The van der Waals surface area contributed by atoms with Crippen LogP contribution < -0.4 is 5.32 Å². The van der Waals surface area contributed by atoms with Gasteiger partial charge in [-0.1, -0.05) is 0 Å². The number of amides is 1. The third kappa shape index (κ3) is 3.34. The van der Waals surface area contributed by atoms with Crippen molar-refractivity contribution in [3.8, 4) is 5.95 Å². The first-order valence-electron chi connectivity index (χ1n) is 7.65. The number of hydrogen-bond donors (Lipinski definition) is 2. The summed E-state index contributed by atoms with van der Waals surface area (Å²) in [7, 11) is 0. The largest absolute Gasteiger partial charge is 0.477 e. The fourth-order valence-corrected chi connectivity index (χ4v) is 2.67. The average molecular weight is 330 g/mol. The van der Waals surface area contributed by atoms with E-state index in [2.05, 4.69) is 20.3 Å². The lowest BCUT2D eigenvalue weighted by Crippen LogP contribution is -2.41. The van der Waals surface area contributed by atoms with Crippen molar-refractivity contribution in [2.75, 3.05) is 18.4 Å². The maximum atomic E-state index is 11.4. The first-order chi connectivity index (χ1) is 11.5. The highest BCUT2D eigenvalue weighted by atomic mass is 16.4. The summed E-state index contributed by atoms with van der Waals surface area (Å²) in [4.78, 5) is 36.9. The Labute approximate surface area is 138 Å². The summed E-state index contributed by atoms with van der Waals surface area (Å²) < 4.78 is 1.61. The minimum atomic E-state index is -1.09. The molecule has 9 nitrogen and oxygen atoms in total. The number of nitrogens with one attached hydrogen (secondary N) is 1. The highest BCUT2D eigenvalue weighted by Gasteiger charge is 2.23. The van der Waals surface area contributed by atoms with E-state index in [9.17, 15) is 14.7 Å². The summed E-state index contributed by atoms with van der Waals surface area (Å²) in [5.41, 5.74) is 0.0212. The van der Waals surface area contributed by atoms with Crippen LogP contribution in [0, 0.1) is 0 Å². The van der Waals surface area contributed by atoms with Gasteiger partial charge in [-0.15, -0.1) is 0 Å². The van der Waals surface area contributed by atoms with Crippen molar-refractivity contribution in [3.05, 3.63) is 30.5 Å². The quantitative estimate of drug-likeness (QED) is 0.851. The van der Waals surface area contributed by atoms with Crippen LogP contribution in [0.15, 0.2) is 24.9 Å². The summed E-state index contributed by atoms with van der Waals surface area (Å²) in [5, 5.41) is 12.5. The van der Waals surface area contributed by atoms with Crippen LogP contribution in [0.4, 0.5) is 5.82 Å². The maximum absolute atomic E-state index is 11.4. The van der Waals surface area contributed by atoms with Crippen LogP contribution in [0.3, 0.4) is 0 Å². The Hall–Kier alpha value is -2.97. The summed E-state index contributed by atoms with van der Waals surface area (Å²) in [6, 6.07) is 0.0595. The Kier molecular flexibility index (Phi) is 4.41. The van der Waals surface area contributed by atoms with Crippen LogP contribution in [-0.4, -0.2) is 60.5 Å². The van der Waals surface area contributed by atoms with Crippen molar-refractivity contribution < 1.29 is 14.7 Å². The van der Waals surface area contributed by atoms with Gasteiger partial charge in [-0.3, -0.25) is 9.36 Å². The summed E-state index contributed by atoms with van der Waals surface area (Å²) >= 11 is 0. The third-order valence-electron chi connectivity index (χ3n) is 4.02. The molecule has 3 rings (SSSR count). The number of anilines is 1. The Balaban J connectivity index is 1.79. The molecule has 1 fully saturated rings. The van der Waals surface area contributed by atoms with Gasteiger partial charge >= 0.3 is 5.97 Å². The number of likely N-dealkylation sites (tertiary alicyclic amines) is 1. The minimum absolute atomic E-state index is 0.0212. The number of aromatic nitrogens is 4. The fraction of sp³-hybridized carbons (Fsp3) is 0.400. The van der Waals surface area contributed by atoms with Crippen molar-refractivity contribution in [2.45, 2.75) is 25.8 Å². The lowest BCUT2D eigenvalue weighted by atomic mass is 10.0. The molecule has 1 saturated heterocycles. The molecule has 1 aliphatic rings. The van der Waals surface area contributed by atoms with E-state index in [0.29, 0.717) is 19.0 Å². The lowest BCUT2D eigenvalue weighted by Gasteiger charge is -2.32. The number of piperidine rings is 1. The zero-order valence-corrected chi connectivity index (χ0v) is 13.2. The molecule has 0 aliphatic carbocycles. The van der Waals surface area contributed by atoms with Crippen molar-refractivity contribution >= 4 is 17.7 Å². The van der Waals surface area contributed by atoms with E-state index in [0.717, 1.165) is 12.8 Å². The molecule has 0 saturated carbocycles. The molecule has 1 amide bonds. The molecule has 3 heterocycles. The van der Waals surface area contributed by atoms with Gasteiger partial charge in [0.2, 0.25) is 11.9 Å². The monoisotopic (exact) mass is 330 g/mol. The molecular weight excluding hydrogens is 312 g/mol. The number of carbonyl (C=O) groups is 2. The maximum Gasteiger partial charge on any atom is 0.341 e. The number of rotatable bonds is 4. The average Bonchev–Trinajstić information content (AvgIpc) is 3.09. The summed E-state index contributed by atoms with van der Waals surface area (Å²) in [5.74, 6) is -0.399. The molecule has 0 aromatic carbocycles. The van der Waals surface area contributed by atoms with Crippen molar-refractivity contribution in [2.24, 2.45) is 0 Å². The molecule has 0 radical (unpaired) electrons. The van der Waals surface area contributed by atoms with Crippen LogP contribution in [0.5, 0.6) is 0 Å². The summed E-state index contributed by atoms with van der Waals surface area (Å²) in [6.45, 7) is 2.85. The fourth-order valence-electron chi connectivity index (χ4n) is 2.67. The highest BCUT2D eigenvalue weighted by Crippen LogP contribution is 2.19. The Morgan fingerprint density at radius 1 is 1.33 bits per heavy atom. The predicted molar refractivity (Wildman–Crippen MR) is 85.0 cm³/mol. The van der Waals surface area contributed by atoms with Gasteiger partial charge in [0.05, 0.1) is 0 Å². The van der Waals surface area contributed by atoms with Gasteiger partial charge in [-0.05, 0) is 12.8 Å². The minimum Gasteiger partial charge on any atom is -0.477 e. The van der Waals surface area contributed by atoms with E-state index < -0.39 is 5.97 Å². The van der Waals surface area contributed by atoms with E-state index in [1.807, 2.05) is 0 Å². The molecule has 2 aromatic heterocycles. The molecule has 9 heteroatoms. The molecule has 0 bridgehead atoms. The zero-order valence-electron chi connectivity index (χ0n) is 13.2. The van der Waals surface area contributed by atoms with Crippen molar-refractivity contribution in [1.29, 1.82) is 0 Å². The smallest absolute Gasteiger partial charge is 0.341 e. The number of carboxylic acids is 1. The third-order valence-corrected chi connectivity index (χ3v) is 4.02. The second-order valence-corrected chi connectivity index (χ2v) is 5.63. The number of hydrogen-bond acceptors (Lipinski definition) is 6. The van der Waals surface area contributed by atoms with Crippen molar-refractivity contribution in [3.63, 3.8) is 0 Å². The number of aromatic carboxylic acids is 1. The van der Waals surface area contributed by atoms with Crippen LogP contribution >= 0.6 is 0 Å².